The van der Waals surface area contributed by atoms with E-state index in [-0.39, 0.29) is 0 Å². The lowest BCUT2D eigenvalue weighted by Gasteiger charge is -2.45. The minimum absolute atomic E-state index is 0.564. The van der Waals surface area contributed by atoms with E-state index >= 15 is 0 Å². The van der Waals surface area contributed by atoms with Crippen LogP contribution in [0.2, 0.25) is 0 Å². The molecule has 0 N–H and O–H groups in total. The number of rotatable bonds is 6. The Balaban J connectivity index is 2.01. The van der Waals surface area contributed by atoms with E-state index in [1.54, 1.807) is 0 Å². The van der Waals surface area contributed by atoms with Gasteiger partial charge in [0.15, 0.2) is 0 Å². The van der Waals surface area contributed by atoms with Crippen molar-refractivity contribution >= 4 is 0 Å². The molecule has 0 spiro atoms. The summed E-state index contributed by atoms with van der Waals surface area (Å²) >= 11 is 0. The second-order valence-electron chi connectivity index (χ2n) is 6.17. The van der Waals surface area contributed by atoms with E-state index in [9.17, 15) is 0 Å². The Morgan fingerprint density at radius 1 is 1.12 bits per heavy atom. The minimum atomic E-state index is 0.564. The number of piperidine rings is 1. The van der Waals surface area contributed by atoms with Crippen LogP contribution in [0.25, 0.3) is 0 Å². The molecule has 1 heterocycles. The molecule has 2 aliphatic rings. The summed E-state index contributed by atoms with van der Waals surface area (Å²) in [4.78, 5) is 2.89. The van der Waals surface area contributed by atoms with Crippen LogP contribution in [0.4, 0.5) is 0 Å². The number of hydrogen-bond acceptors (Lipinski definition) is 1. The molecule has 1 nitrogen and oxygen atoms in total. The van der Waals surface area contributed by atoms with Crippen LogP contribution in [0.3, 0.4) is 0 Å². The topological polar surface area (TPSA) is 3.24 Å². The Labute approximate surface area is 102 Å². The molecular formula is C15H29N. The predicted octanol–water partition coefficient (Wildman–Crippen LogP) is 4.22. The van der Waals surface area contributed by atoms with E-state index in [0.717, 1.165) is 12.0 Å². The van der Waals surface area contributed by atoms with Crippen LogP contribution in [-0.2, 0) is 0 Å². The van der Waals surface area contributed by atoms with Crippen LogP contribution < -0.4 is 0 Å². The molecule has 0 aromatic carbocycles. The van der Waals surface area contributed by atoms with Crippen molar-refractivity contribution in [1.29, 1.82) is 0 Å². The van der Waals surface area contributed by atoms with Gasteiger partial charge in [-0.1, -0.05) is 33.1 Å². The Morgan fingerprint density at radius 2 is 1.88 bits per heavy atom. The van der Waals surface area contributed by atoms with E-state index in [4.69, 9.17) is 0 Å². The Morgan fingerprint density at radius 3 is 2.56 bits per heavy atom. The van der Waals surface area contributed by atoms with Crippen LogP contribution in [0.15, 0.2) is 0 Å². The number of likely N-dealkylation sites (tertiary alicyclic amines) is 1. The zero-order chi connectivity index (χ0) is 11.6. The molecule has 16 heavy (non-hydrogen) atoms. The van der Waals surface area contributed by atoms with Crippen LogP contribution in [0, 0.1) is 5.92 Å². The highest BCUT2D eigenvalue weighted by molar-refractivity contribution is 5.07. The maximum atomic E-state index is 2.89. The lowest BCUT2D eigenvalue weighted by atomic mass is 9.80. The lowest BCUT2D eigenvalue weighted by Crippen LogP contribution is -2.51. The van der Waals surface area contributed by atoms with Gasteiger partial charge in [-0.25, -0.2) is 0 Å². The van der Waals surface area contributed by atoms with E-state index in [1.807, 2.05) is 0 Å². The molecule has 3 atom stereocenters. The average Bonchev–Trinajstić information content (AvgIpc) is 2.84. The highest BCUT2D eigenvalue weighted by Crippen LogP contribution is 2.51. The molecule has 2 fully saturated rings. The summed E-state index contributed by atoms with van der Waals surface area (Å²) in [7, 11) is 0. The van der Waals surface area contributed by atoms with Gasteiger partial charge in [-0.15, -0.1) is 0 Å². The largest absolute Gasteiger partial charge is 0.295 e. The molecule has 1 aliphatic carbocycles. The summed E-state index contributed by atoms with van der Waals surface area (Å²) in [6.45, 7) is 8.56. The van der Waals surface area contributed by atoms with Gasteiger partial charge < -0.3 is 0 Å². The molecule has 0 aromatic rings. The summed E-state index contributed by atoms with van der Waals surface area (Å²) < 4.78 is 0. The summed E-state index contributed by atoms with van der Waals surface area (Å²) in [5.41, 5.74) is 0.564. The Bertz CT molecular complexity index is 225. The summed E-state index contributed by atoms with van der Waals surface area (Å²) in [6.07, 6.45) is 11.4. The molecule has 1 saturated heterocycles. The molecule has 94 valence electrons. The number of unbranched alkanes of at least 4 members (excludes halogenated alkanes) is 2. The number of fused-ring (bicyclic) bond motifs is 2. The van der Waals surface area contributed by atoms with E-state index in [2.05, 4.69) is 25.7 Å². The normalized spacial score (nSPS) is 38.4. The molecule has 1 aliphatic heterocycles. The number of nitrogens with zero attached hydrogens (tertiary/aromatic N) is 1. The zero-order valence-electron chi connectivity index (χ0n) is 11.5. The quantitative estimate of drug-likeness (QED) is 0.651. The molecule has 2 rings (SSSR count). The second kappa shape index (κ2) is 5.08. The smallest absolute Gasteiger partial charge is 0.0213 e. The van der Waals surface area contributed by atoms with Gasteiger partial charge in [0, 0.05) is 11.6 Å². The summed E-state index contributed by atoms with van der Waals surface area (Å²) in [6, 6.07) is 0.943. The first-order valence-corrected chi connectivity index (χ1v) is 7.49. The molecule has 0 amide bonds. The van der Waals surface area contributed by atoms with E-state index in [1.165, 1.54) is 57.9 Å². The Kier molecular flexibility index (Phi) is 3.94. The maximum Gasteiger partial charge on any atom is 0.0213 e. The van der Waals surface area contributed by atoms with Gasteiger partial charge in [-0.05, 0) is 51.5 Å². The second-order valence-corrected chi connectivity index (χ2v) is 6.17. The lowest BCUT2D eigenvalue weighted by molar-refractivity contribution is 0.0436. The van der Waals surface area contributed by atoms with Gasteiger partial charge in [-0.2, -0.15) is 0 Å². The molecule has 2 bridgehead atoms. The molecule has 0 aromatic heterocycles. The van der Waals surface area contributed by atoms with Crippen molar-refractivity contribution in [2.24, 2.45) is 5.92 Å². The predicted molar refractivity (Wildman–Crippen MR) is 70.7 cm³/mol. The van der Waals surface area contributed by atoms with Crippen molar-refractivity contribution in [3.63, 3.8) is 0 Å². The van der Waals surface area contributed by atoms with Crippen molar-refractivity contribution in [1.82, 2.24) is 4.90 Å². The SMILES string of the molecule is CCCCN1C2CCC(C2)C1(C)CCCC. The van der Waals surface area contributed by atoms with Crippen molar-refractivity contribution in [3.8, 4) is 0 Å². The summed E-state index contributed by atoms with van der Waals surface area (Å²) in [5.74, 6) is 1.01. The fourth-order valence-corrected chi connectivity index (χ4v) is 4.11. The first-order chi connectivity index (χ1) is 7.72. The molecule has 3 unspecified atom stereocenters. The average molecular weight is 223 g/mol. The monoisotopic (exact) mass is 223 g/mol. The fourth-order valence-electron chi connectivity index (χ4n) is 4.11. The molecule has 0 radical (unpaired) electrons. The van der Waals surface area contributed by atoms with Crippen molar-refractivity contribution < 1.29 is 0 Å². The highest BCUT2D eigenvalue weighted by Gasteiger charge is 2.52. The van der Waals surface area contributed by atoms with E-state index < -0.39 is 0 Å². The first-order valence-electron chi connectivity index (χ1n) is 7.49. The third-order valence-electron chi connectivity index (χ3n) is 5.17. The van der Waals surface area contributed by atoms with Crippen molar-refractivity contribution in [2.75, 3.05) is 6.54 Å². The van der Waals surface area contributed by atoms with E-state index in [0.29, 0.717) is 5.54 Å². The van der Waals surface area contributed by atoms with Gasteiger partial charge in [0.05, 0.1) is 0 Å². The van der Waals surface area contributed by atoms with Gasteiger partial charge >= 0.3 is 0 Å². The standard InChI is InChI=1S/C15H29N/c1-4-6-10-15(3)13-8-9-14(12-13)16(15)11-7-5-2/h13-14H,4-12H2,1-3H3. The maximum absolute atomic E-state index is 2.89. The molecule has 1 heteroatoms. The fraction of sp³-hybridized carbons (Fsp3) is 1.00. The Hall–Kier alpha value is -0.0400. The highest BCUT2D eigenvalue weighted by atomic mass is 15.3. The molecule has 1 saturated carbocycles. The zero-order valence-corrected chi connectivity index (χ0v) is 11.5. The van der Waals surface area contributed by atoms with Gasteiger partial charge in [-0.3, -0.25) is 4.90 Å². The van der Waals surface area contributed by atoms with Gasteiger partial charge in [0.1, 0.15) is 0 Å². The van der Waals surface area contributed by atoms with Gasteiger partial charge in [0.25, 0.3) is 0 Å². The van der Waals surface area contributed by atoms with Crippen LogP contribution >= 0.6 is 0 Å². The van der Waals surface area contributed by atoms with Crippen molar-refractivity contribution in [3.05, 3.63) is 0 Å². The molecular weight excluding hydrogens is 194 g/mol. The van der Waals surface area contributed by atoms with Crippen LogP contribution in [0.1, 0.15) is 72.1 Å². The first kappa shape index (κ1) is 12.4. The third-order valence-corrected chi connectivity index (χ3v) is 5.17. The number of hydrogen-bond donors (Lipinski definition) is 0. The third kappa shape index (κ3) is 2.03. The minimum Gasteiger partial charge on any atom is -0.295 e. The summed E-state index contributed by atoms with van der Waals surface area (Å²) in [5, 5.41) is 0. The van der Waals surface area contributed by atoms with Crippen LogP contribution in [0.5, 0.6) is 0 Å². The van der Waals surface area contributed by atoms with Gasteiger partial charge in [0.2, 0.25) is 0 Å². The van der Waals surface area contributed by atoms with Crippen molar-refractivity contribution in [2.45, 2.75) is 83.7 Å². The van der Waals surface area contributed by atoms with Crippen LogP contribution in [-0.4, -0.2) is 23.0 Å².